The predicted octanol–water partition coefficient (Wildman–Crippen LogP) is 3.67. The SMILES string of the molecule is Cc1ccc(NC(=O)[C@@H](C)OC(=O)c2ccc3c(c2)CCC3)cc1. The van der Waals surface area contributed by atoms with Crippen LogP contribution >= 0.6 is 0 Å². The Morgan fingerprint density at radius 3 is 2.50 bits per heavy atom. The summed E-state index contributed by atoms with van der Waals surface area (Å²) in [6, 6.07) is 13.1. The lowest BCUT2D eigenvalue weighted by molar-refractivity contribution is -0.123. The van der Waals surface area contributed by atoms with Gasteiger partial charge in [0.2, 0.25) is 0 Å². The van der Waals surface area contributed by atoms with E-state index in [1.165, 1.54) is 11.1 Å². The molecule has 0 bridgehead atoms. The van der Waals surface area contributed by atoms with Gasteiger partial charge in [-0.3, -0.25) is 4.79 Å². The van der Waals surface area contributed by atoms with Crippen LogP contribution in [0.1, 0.15) is 40.4 Å². The first-order valence-corrected chi connectivity index (χ1v) is 8.23. The molecular formula is C20H21NO3. The number of ether oxygens (including phenoxy) is 1. The van der Waals surface area contributed by atoms with Crippen molar-refractivity contribution in [1.29, 1.82) is 0 Å². The van der Waals surface area contributed by atoms with E-state index in [2.05, 4.69) is 5.32 Å². The minimum atomic E-state index is -0.855. The van der Waals surface area contributed by atoms with Gasteiger partial charge in [-0.25, -0.2) is 4.79 Å². The lowest BCUT2D eigenvalue weighted by Crippen LogP contribution is -2.30. The molecule has 3 rings (SSSR count). The van der Waals surface area contributed by atoms with Gasteiger partial charge in [-0.05, 0) is 68.5 Å². The Bertz CT molecular complexity index is 765. The number of carbonyl (C=O) groups excluding carboxylic acids is 2. The molecule has 1 amide bonds. The zero-order chi connectivity index (χ0) is 17.1. The zero-order valence-corrected chi connectivity index (χ0v) is 14.0. The van der Waals surface area contributed by atoms with Crippen molar-refractivity contribution in [2.45, 2.75) is 39.2 Å². The fraction of sp³-hybridized carbons (Fsp3) is 0.300. The first kappa shape index (κ1) is 16.2. The number of rotatable bonds is 4. The average Bonchev–Trinajstić information content (AvgIpc) is 3.04. The third-order valence-corrected chi connectivity index (χ3v) is 4.31. The Hall–Kier alpha value is -2.62. The van der Waals surface area contributed by atoms with Crippen molar-refractivity contribution in [3.05, 3.63) is 64.7 Å². The molecule has 2 aromatic carbocycles. The van der Waals surface area contributed by atoms with Gasteiger partial charge < -0.3 is 10.1 Å². The van der Waals surface area contributed by atoms with Crippen molar-refractivity contribution < 1.29 is 14.3 Å². The molecule has 1 N–H and O–H groups in total. The van der Waals surface area contributed by atoms with E-state index >= 15 is 0 Å². The summed E-state index contributed by atoms with van der Waals surface area (Å²) in [5.41, 5.74) is 4.82. The molecule has 0 saturated heterocycles. The maximum absolute atomic E-state index is 12.3. The second kappa shape index (κ2) is 6.87. The van der Waals surface area contributed by atoms with Crippen molar-refractivity contribution in [3.63, 3.8) is 0 Å². The summed E-state index contributed by atoms with van der Waals surface area (Å²) < 4.78 is 5.30. The van der Waals surface area contributed by atoms with Crippen LogP contribution in [0.4, 0.5) is 5.69 Å². The first-order chi connectivity index (χ1) is 11.5. The zero-order valence-electron chi connectivity index (χ0n) is 14.0. The molecule has 0 heterocycles. The van der Waals surface area contributed by atoms with Crippen molar-refractivity contribution in [2.75, 3.05) is 5.32 Å². The van der Waals surface area contributed by atoms with Gasteiger partial charge in [-0.15, -0.1) is 0 Å². The molecule has 0 saturated carbocycles. The average molecular weight is 323 g/mol. The predicted molar refractivity (Wildman–Crippen MR) is 93.2 cm³/mol. The van der Waals surface area contributed by atoms with Crippen LogP contribution in [-0.2, 0) is 22.4 Å². The van der Waals surface area contributed by atoms with Gasteiger partial charge in [-0.2, -0.15) is 0 Å². The van der Waals surface area contributed by atoms with Gasteiger partial charge in [-0.1, -0.05) is 23.8 Å². The molecule has 2 aromatic rings. The number of anilines is 1. The smallest absolute Gasteiger partial charge is 0.338 e. The normalized spacial score (nSPS) is 13.9. The molecule has 4 nitrogen and oxygen atoms in total. The van der Waals surface area contributed by atoms with Crippen LogP contribution in [-0.4, -0.2) is 18.0 Å². The maximum atomic E-state index is 12.3. The number of carbonyl (C=O) groups is 2. The Morgan fingerprint density at radius 2 is 1.75 bits per heavy atom. The number of fused-ring (bicyclic) bond motifs is 1. The number of esters is 1. The van der Waals surface area contributed by atoms with Crippen molar-refractivity contribution in [3.8, 4) is 0 Å². The molecular weight excluding hydrogens is 302 g/mol. The largest absolute Gasteiger partial charge is 0.449 e. The fourth-order valence-corrected chi connectivity index (χ4v) is 2.86. The van der Waals surface area contributed by atoms with Gasteiger partial charge in [0.25, 0.3) is 5.91 Å². The summed E-state index contributed by atoms with van der Waals surface area (Å²) in [5.74, 6) is -0.801. The second-order valence-electron chi connectivity index (χ2n) is 6.24. The summed E-state index contributed by atoms with van der Waals surface area (Å²) in [6.07, 6.45) is 2.34. The highest BCUT2D eigenvalue weighted by molar-refractivity contribution is 5.97. The van der Waals surface area contributed by atoms with E-state index in [-0.39, 0.29) is 5.91 Å². The Labute approximate surface area is 141 Å². The molecule has 1 aliphatic rings. The van der Waals surface area contributed by atoms with Crippen LogP contribution in [0.25, 0.3) is 0 Å². The molecule has 1 atom stereocenters. The molecule has 24 heavy (non-hydrogen) atoms. The number of benzene rings is 2. The van der Waals surface area contributed by atoms with E-state index in [0.717, 1.165) is 24.8 Å². The number of hydrogen-bond acceptors (Lipinski definition) is 3. The molecule has 0 spiro atoms. The van der Waals surface area contributed by atoms with Crippen LogP contribution in [0.2, 0.25) is 0 Å². The van der Waals surface area contributed by atoms with Gasteiger partial charge in [0.15, 0.2) is 6.10 Å². The number of nitrogens with one attached hydrogen (secondary N) is 1. The Kier molecular flexibility index (Phi) is 4.65. The van der Waals surface area contributed by atoms with Gasteiger partial charge in [0.05, 0.1) is 5.56 Å². The third kappa shape index (κ3) is 3.65. The topological polar surface area (TPSA) is 55.4 Å². The highest BCUT2D eigenvalue weighted by Crippen LogP contribution is 2.23. The molecule has 1 aliphatic carbocycles. The molecule has 0 unspecified atom stereocenters. The van der Waals surface area contributed by atoms with E-state index in [1.54, 1.807) is 13.0 Å². The lowest BCUT2D eigenvalue weighted by Gasteiger charge is -2.14. The summed E-state index contributed by atoms with van der Waals surface area (Å²) in [7, 11) is 0. The van der Waals surface area contributed by atoms with E-state index in [0.29, 0.717) is 11.3 Å². The summed E-state index contributed by atoms with van der Waals surface area (Å²) in [4.78, 5) is 24.4. The molecule has 0 aromatic heterocycles. The highest BCUT2D eigenvalue weighted by Gasteiger charge is 2.20. The minimum absolute atomic E-state index is 0.339. The minimum Gasteiger partial charge on any atom is -0.449 e. The lowest BCUT2D eigenvalue weighted by atomic mass is 10.1. The standard InChI is InChI=1S/C20H21NO3/c1-13-6-10-18(11-7-13)21-19(22)14(2)24-20(23)17-9-8-15-4-3-5-16(15)12-17/h6-12,14H,3-5H2,1-2H3,(H,21,22)/t14-/m1/s1. The quantitative estimate of drug-likeness (QED) is 0.874. The van der Waals surface area contributed by atoms with E-state index in [9.17, 15) is 9.59 Å². The monoisotopic (exact) mass is 323 g/mol. The maximum Gasteiger partial charge on any atom is 0.338 e. The summed E-state index contributed by atoms with van der Waals surface area (Å²) in [5, 5.41) is 2.75. The first-order valence-electron chi connectivity index (χ1n) is 8.23. The van der Waals surface area contributed by atoms with Crippen LogP contribution in [0, 0.1) is 6.92 Å². The molecule has 0 aliphatic heterocycles. The molecule has 0 fully saturated rings. The third-order valence-electron chi connectivity index (χ3n) is 4.31. The van der Waals surface area contributed by atoms with Crippen molar-refractivity contribution in [2.24, 2.45) is 0 Å². The summed E-state index contributed by atoms with van der Waals surface area (Å²) in [6.45, 7) is 3.56. The van der Waals surface area contributed by atoms with E-state index in [1.807, 2.05) is 43.3 Å². The van der Waals surface area contributed by atoms with E-state index < -0.39 is 12.1 Å². The molecule has 4 heteroatoms. The summed E-state index contributed by atoms with van der Waals surface area (Å²) >= 11 is 0. The van der Waals surface area contributed by atoms with Gasteiger partial charge in [0.1, 0.15) is 0 Å². The van der Waals surface area contributed by atoms with Crippen LogP contribution in [0.5, 0.6) is 0 Å². The van der Waals surface area contributed by atoms with E-state index in [4.69, 9.17) is 4.74 Å². The fourth-order valence-electron chi connectivity index (χ4n) is 2.86. The second-order valence-corrected chi connectivity index (χ2v) is 6.24. The number of amides is 1. The highest BCUT2D eigenvalue weighted by atomic mass is 16.5. The van der Waals surface area contributed by atoms with Crippen molar-refractivity contribution >= 4 is 17.6 Å². The van der Waals surface area contributed by atoms with Gasteiger partial charge in [0, 0.05) is 5.69 Å². The number of aryl methyl sites for hydroxylation is 3. The number of hydrogen-bond donors (Lipinski definition) is 1. The Balaban J connectivity index is 1.61. The van der Waals surface area contributed by atoms with Crippen LogP contribution in [0.3, 0.4) is 0 Å². The van der Waals surface area contributed by atoms with Gasteiger partial charge >= 0.3 is 5.97 Å². The Morgan fingerprint density at radius 1 is 1.04 bits per heavy atom. The van der Waals surface area contributed by atoms with Crippen LogP contribution < -0.4 is 5.32 Å². The van der Waals surface area contributed by atoms with Crippen LogP contribution in [0.15, 0.2) is 42.5 Å². The molecule has 0 radical (unpaired) electrons. The van der Waals surface area contributed by atoms with Crippen molar-refractivity contribution in [1.82, 2.24) is 0 Å². The molecule has 124 valence electrons.